The van der Waals surface area contributed by atoms with Gasteiger partial charge in [-0.15, -0.1) is 0 Å². The molecule has 0 bridgehead atoms. The Bertz CT molecular complexity index is 330. The van der Waals surface area contributed by atoms with Gasteiger partial charge in [0.2, 0.25) is 0 Å². The Morgan fingerprint density at radius 2 is 1.04 bits per heavy atom. The summed E-state index contributed by atoms with van der Waals surface area (Å²) in [4.78, 5) is 9.90. The molecule has 0 spiro atoms. The molecule has 0 aromatic carbocycles. The highest BCUT2D eigenvalue weighted by Gasteiger charge is 2.30. The minimum atomic E-state index is -1.79. The predicted molar refractivity (Wildman–Crippen MR) is 83.2 cm³/mol. The Kier molecular flexibility index (Phi) is 15.3. The first kappa shape index (κ1) is 26.5. The number of aliphatic hydroxyl groups excluding tert-OH is 10. The van der Waals surface area contributed by atoms with Crippen molar-refractivity contribution in [2.45, 2.75) is 68.6 Å². The fourth-order valence-corrected chi connectivity index (χ4v) is 1.65. The maximum Gasteiger partial charge on any atom is 0.151 e. The molecule has 10 N–H and O–H groups in total. The molecule has 152 valence electrons. The standard InChI is InChI=1S/C8H18O5.C6H12O6/c1-2-3-5(10)7(12)8(13)6(11)4-9;7-1-3(9)5(11)6(12)4(10)2-8/h5-13H,2-4H2,1H3;1,3-6,8-12H,2H2. The second-order valence-electron chi connectivity index (χ2n) is 5.44. The summed E-state index contributed by atoms with van der Waals surface area (Å²) >= 11 is 0. The Labute approximate surface area is 145 Å². The molecule has 11 heteroatoms. The minimum absolute atomic E-state index is 0.0258. The van der Waals surface area contributed by atoms with Crippen LogP contribution >= 0.6 is 0 Å². The lowest BCUT2D eigenvalue weighted by Gasteiger charge is -2.25. The molecule has 8 unspecified atom stereocenters. The molecule has 0 amide bonds. The number of carbonyl (C=O) groups excluding carboxylic acids is 1. The van der Waals surface area contributed by atoms with E-state index in [0.29, 0.717) is 12.8 Å². The Morgan fingerprint density at radius 1 is 0.680 bits per heavy atom. The summed E-state index contributed by atoms with van der Waals surface area (Å²) in [5.41, 5.74) is 0. The van der Waals surface area contributed by atoms with Gasteiger partial charge in [0, 0.05) is 0 Å². The number of hydrogen-bond acceptors (Lipinski definition) is 11. The van der Waals surface area contributed by atoms with Crippen LogP contribution in [-0.4, -0.2) is 119 Å². The van der Waals surface area contributed by atoms with Gasteiger partial charge >= 0.3 is 0 Å². The fraction of sp³-hybridized carbons (Fsp3) is 0.929. The first-order valence-corrected chi connectivity index (χ1v) is 7.70. The molecule has 0 heterocycles. The van der Waals surface area contributed by atoms with Crippen molar-refractivity contribution >= 4 is 6.29 Å². The summed E-state index contributed by atoms with van der Waals surface area (Å²) < 4.78 is 0. The van der Waals surface area contributed by atoms with E-state index >= 15 is 0 Å². The maximum absolute atomic E-state index is 9.90. The van der Waals surface area contributed by atoms with E-state index in [1.54, 1.807) is 0 Å². The summed E-state index contributed by atoms with van der Waals surface area (Å²) in [6, 6.07) is 0. The molecule has 0 aliphatic rings. The zero-order valence-corrected chi connectivity index (χ0v) is 13.9. The zero-order chi connectivity index (χ0) is 20.2. The number of hydrogen-bond donors (Lipinski definition) is 10. The van der Waals surface area contributed by atoms with Gasteiger partial charge in [0.25, 0.3) is 0 Å². The van der Waals surface area contributed by atoms with Gasteiger partial charge in [-0.25, -0.2) is 0 Å². The van der Waals surface area contributed by atoms with E-state index in [-0.39, 0.29) is 6.29 Å². The number of rotatable bonds is 11. The molecule has 8 atom stereocenters. The number of aldehydes is 1. The summed E-state index contributed by atoms with van der Waals surface area (Å²) in [6.45, 7) is 0.422. The largest absolute Gasteiger partial charge is 0.394 e. The van der Waals surface area contributed by atoms with Crippen molar-refractivity contribution in [3.8, 4) is 0 Å². The number of carbonyl (C=O) groups is 1. The first-order valence-electron chi connectivity index (χ1n) is 7.70. The summed E-state index contributed by atoms with van der Waals surface area (Å²) in [5.74, 6) is 0. The van der Waals surface area contributed by atoms with Crippen LogP contribution in [0.3, 0.4) is 0 Å². The maximum atomic E-state index is 9.90. The average Bonchev–Trinajstić information content (AvgIpc) is 2.63. The third-order valence-corrected chi connectivity index (χ3v) is 3.33. The summed E-state index contributed by atoms with van der Waals surface area (Å²) in [7, 11) is 0. The van der Waals surface area contributed by atoms with Crippen LogP contribution in [0.2, 0.25) is 0 Å². The van der Waals surface area contributed by atoms with Crippen molar-refractivity contribution in [3.05, 3.63) is 0 Å². The first-order chi connectivity index (χ1) is 11.6. The smallest absolute Gasteiger partial charge is 0.151 e. The van der Waals surface area contributed by atoms with Crippen LogP contribution in [0.25, 0.3) is 0 Å². The third-order valence-electron chi connectivity index (χ3n) is 3.33. The molecule has 0 aromatic rings. The molecule has 0 fully saturated rings. The zero-order valence-electron chi connectivity index (χ0n) is 13.9. The molecule has 11 nitrogen and oxygen atoms in total. The molecular formula is C14H30O11. The second kappa shape index (κ2) is 14.4. The van der Waals surface area contributed by atoms with Gasteiger partial charge in [-0.3, -0.25) is 0 Å². The van der Waals surface area contributed by atoms with Crippen LogP contribution in [0.5, 0.6) is 0 Å². The molecule has 0 saturated heterocycles. The van der Waals surface area contributed by atoms with Crippen LogP contribution in [0.4, 0.5) is 0 Å². The predicted octanol–water partition coefficient (Wildman–Crippen LogP) is -5.16. The van der Waals surface area contributed by atoms with Gasteiger partial charge < -0.3 is 55.9 Å². The van der Waals surface area contributed by atoms with Crippen molar-refractivity contribution < 1.29 is 55.9 Å². The van der Waals surface area contributed by atoms with Gasteiger partial charge in [0.15, 0.2) is 6.29 Å². The minimum Gasteiger partial charge on any atom is -0.394 e. The highest BCUT2D eigenvalue weighted by Crippen LogP contribution is 2.09. The van der Waals surface area contributed by atoms with E-state index in [9.17, 15) is 15.0 Å². The fourth-order valence-electron chi connectivity index (χ4n) is 1.65. The number of aliphatic hydroxyl groups is 10. The van der Waals surface area contributed by atoms with E-state index in [4.69, 9.17) is 40.9 Å². The normalized spacial score (nSPS) is 20.9. The lowest BCUT2D eigenvalue weighted by atomic mass is 10.0. The molecule has 0 aliphatic carbocycles. The van der Waals surface area contributed by atoms with Crippen molar-refractivity contribution in [2.24, 2.45) is 0 Å². The summed E-state index contributed by atoms with van der Waals surface area (Å²) in [6.07, 6.45) is -11.2. The monoisotopic (exact) mass is 374 g/mol. The lowest BCUT2D eigenvalue weighted by molar-refractivity contribution is -0.136. The van der Waals surface area contributed by atoms with Gasteiger partial charge in [-0.05, 0) is 6.42 Å². The van der Waals surface area contributed by atoms with Gasteiger partial charge in [-0.1, -0.05) is 13.3 Å². The van der Waals surface area contributed by atoms with E-state index < -0.39 is 62.0 Å². The average molecular weight is 374 g/mol. The molecule has 0 aromatic heterocycles. The van der Waals surface area contributed by atoms with Gasteiger partial charge in [0.05, 0.1) is 19.3 Å². The van der Waals surface area contributed by atoms with E-state index in [2.05, 4.69) is 0 Å². The molecule has 0 radical (unpaired) electrons. The van der Waals surface area contributed by atoms with Crippen LogP contribution in [0.1, 0.15) is 19.8 Å². The van der Waals surface area contributed by atoms with Crippen molar-refractivity contribution in [3.63, 3.8) is 0 Å². The Balaban J connectivity index is 0. The molecule has 0 saturated carbocycles. The van der Waals surface area contributed by atoms with E-state index in [1.807, 2.05) is 6.92 Å². The van der Waals surface area contributed by atoms with Crippen molar-refractivity contribution in [1.82, 2.24) is 0 Å². The van der Waals surface area contributed by atoms with E-state index in [1.165, 1.54) is 0 Å². The second-order valence-corrected chi connectivity index (χ2v) is 5.44. The van der Waals surface area contributed by atoms with Crippen molar-refractivity contribution in [2.75, 3.05) is 13.2 Å². The lowest BCUT2D eigenvalue weighted by Crippen LogP contribution is -2.46. The van der Waals surface area contributed by atoms with Crippen molar-refractivity contribution in [1.29, 1.82) is 0 Å². The quantitative estimate of drug-likeness (QED) is 0.154. The molecular weight excluding hydrogens is 344 g/mol. The summed E-state index contributed by atoms with van der Waals surface area (Å²) in [5, 5.41) is 88.6. The molecule has 0 aliphatic heterocycles. The third kappa shape index (κ3) is 10.1. The highest BCUT2D eigenvalue weighted by atomic mass is 16.4. The topological polar surface area (TPSA) is 219 Å². The SMILES string of the molecule is CCCC(O)C(O)C(O)C(O)CO.O=CC(O)C(O)C(O)C(O)CO. The van der Waals surface area contributed by atoms with Crippen LogP contribution in [0, 0.1) is 0 Å². The Morgan fingerprint density at radius 3 is 1.36 bits per heavy atom. The van der Waals surface area contributed by atoms with Gasteiger partial charge in [0.1, 0.15) is 42.7 Å². The molecule has 0 rings (SSSR count). The van der Waals surface area contributed by atoms with Crippen LogP contribution in [0.15, 0.2) is 0 Å². The van der Waals surface area contributed by atoms with E-state index in [0.717, 1.165) is 0 Å². The van der Waals surface area contributed by atoms with Crippen LogP contribution in [-0.2, 0) is 4.79 Å². The molecule has 25 heavy (non-hydrogen) atoms. The van der Waals surface area contributed by atoms with Gasteiger partial charge in [-0.2, -0.15) is 0 Å². The Hall–Kier alpha value is -0.730. The highest BCUT2D eigenvalue weighted by molar-refractivity contribution is 5.56. The van der Waals surface area contributed by atoms with Crippen LogP contribution < -0.4 is 0 Å².